The highest BCUT2D eigenvalue weighted by Gasteiger charge is 2.26. The molecule has 0 aliphatic carbocycles. The van der Waals surface area contributed by atoms with Crippen molar-refractivity contribution in [1.82, 2.24) is 0 Å². The molecule has 0 heterocycles. The number of hydrogen-bond donors (Lipinski definition) is 0. The SMILES string of the molecule is CC(C)(C)OC(=O)N(c1ccccc1)c1ccccc1C(=O)[O-]. The minimum absolute atomic E-state index is 0.0813. The average molecular weight is 312 g/mol. The Balaban J connectivity index is 2.55. The molecule has 0 radical (unpaired) electrons. The molecular weight excluding hydrogens is 294 g/mol. The number of hydrogen-bond acceptors (Lipinski definition) is 4. The molecule has 23 heavy (non-hydrogen) atoms. The summed E-state index contributed by atoms with van der Waals surface area (Å²) in [6, 6.07) is 14.9. The number of rotatable bonds is 3. The molecule has 2 aromatic rings. The second-order valence-electron chi connectivity index (χ2n) is 5.96. The van der Waals surface area contributed by atoms with E-state index in [0.717, 1.165) is 0 Å². The van der Waals surface area contributed by atoms with Crippen molar-refractivity contribution >= 4 is 23.4 Å². The zero-order valence-electron chi connectivity index (χ0n) is 13.3. The average Bonchev–Trinajstić information content (AvgIpc) is 2.47. The molecule has 0 spiro atoms. The van der Waals surface area contributed by atoms with Gasteiger partial charge in [0.15, 0.2) is 0 Å². The summed E-state index contributed by atoms with van der Waals surface area (Å²) in [7, 11) is 0. The molecule has 0 aliphatic rings. The topological polar surface area (TPSA) is 69.7 Å². The smallest absolute Gasteiger partial charge is 0.419 e. The number of benzene rings is 2. The van der Waals surface area contributed by atoms with Gasteiger partial charge in [0, 0.05) is 5.56 Å². The zero-order chi connectivity index (χ0) is 17.0. The molecule has 1 amide bonds. The Labute approximate surface area is 135 Å². The molecule has 0 saturated carbocycles. The van der Waals surface area contributed by atoms with Crippen LogP contribution in [-0.4, -0.2) is 17.7 Å². The van der Waals surface area contributed by atoms with Gasteiger partial charge >= 0.3 is 6.09 Å². The van der Waals surface area contributed by atoms with Crippen molar-refractivity contribution in [3.05, 3.63) is 60.2 Å². The monoisotopic (exact) mass is 312 g/mol. The first-order valence-corrected chi connectivity index (χ1v) is 7.18. The van der Waals surface area contributed by atoms with Crippen molar-refractivity contribution < 1.29 is 19.4 Å². The molecule has 0 saturated heterocycles. The summed E-state index contributed by atoms with van der Waals surface area (Å²) in [5, 5.41) is 11.4. The summed E-state index contributed by atoms with van der Waals surface area (Å²) in [5.41, 5.74) is -0.0776. The van der Waals surface area contributed by atoms with E-state index >= 15 is 0 Å². The van der Waals surface area contributed by atoms with E-state index in [1.807, 2.05) is 0 Å². The van der Waals surface area contributed by atoms with Gasteiger partial charge in [-0.2, -0.15) is 0 Å². The molecule has 2 rings (SSSR count). The Hall–Kier alpha value is -2.82. The molecule has 0 aliphatic heterocycles. The van der Waals surface area contributed by atoms with E-state index < -0.39 is 17.7 Å². The van der Waals surface area contributed by atoms with E-state index in [-0.39, 0.29) is 11.3 Å². The highest BCUT2D eigenvalue weighted by atomic mass is 16.6. The van der Waals surface area contributed by atoms with Gasteiger partial charge in [-0.1, -0.05) is 36.4 Å². The number of carbonyl (C=O) groups is 2. The molecule has 5 nitrogen and oxygen atoms in total. The van der Waals surface area contributed by atoms with Gasteiger partial charge in [0.2, 0.25) is 0 Å². The van der Waals surface area contributed by atoms with Gasteiger partial charge in [-0.05, 0) is 39.0 Å². The molecule has 0 atom stereocenters. The number of carbonyl (C=O) groups excluding carboxylic acids is 2. The molecule has 120 valence electrons. The summed E-state index contributed by atoms with van der Waals surface area (Å²) >= 11 is 0. The fourth-order valence-electron chi connectivity index (χ4n) is 2.07. The maximum atomic E-state index is 12.6. The van der Waals surface area contributed by atoms with Crippen molar-refractivity contribution in [2.24, 2.45) is 0 Å². The van der Waals surface area contributed by atoms with Gasteiger partial charge in [0.1, 0.15) is 5.60 Å². The predicted molar refractivity (Wildman–Crippen MR) is 85.6 cm³/mol. The fourth-order valence-corrected chi connectivity index (χ4v) is 2.07. The summed E-state index contributed by atoms with van der Waals surface area (Å²) in [4.78, 5) is 25.2. The van der Waals surface area contributed by atoms with E-state index in [1.165, 1.54) is 11.0 Å². The number of carboxylic acid groups (broad SMARTS) is 1. The van der Waals surface area contributed by atoms with E-state index in [9.17, 15) is 14.7 Å². The number of aromatic carboxylic acids is 1. The lowest BCUT2D eigenvalue weighted by Crippen LogP contribution is -2.35. The molecule has 0 bridgehead atoms. The van der Waals surface area contributed by atoms with Gasteiger partial charge in [0.25, 0.3) is 0 Å². The van der Waals surface area contributed by atoms with Gasteiger partial charge in [-0.15, -0.1) is 0 Å². The second kappa shape index (κ2) is 6.52. The van der Waals surface area contributed by atoms with E-state index in [0.29, 0.717) is 5.69 Å². The highest BCUT2D eigenvalue weighted by molar-refractivity contribution is 6.03. The van der Waals surface area contributed by atoms with Crippen molar-refractivity contribution in [1.29, 1.82) is 0 Å². The lowest BCUT2D eigenvalue weighted by molar-refractivity contribution is -0.254. The van der Waals surface area contributed by atoms with Crippen molar-refractivity contribution in [2.45, 2.75) is 26.4 Å². The molecule has 0 unspecified atom stereocenters. The Morgan fingerprint density at radius 2 is 1.52 bits per heavy atom. The van der Waals surface area contributed by atoms with Crippen LogP contribution in [0.5, 0.6) is 0 Å². The number of carboxylic acids is 1. The van der Waals surface area contributed by atoms with Crippen LogP contribution in [0.25, 0.3) is 0 Å². The Morgan fingerprint density at radius 3 is 2.09 bits per heavy atom. The Morgan fingerprint density at radius 1 is 0.957 bits per heavy atom. The van der Waals surface area contributed by atoms with Crippen molar-refractivity contribution in [2.75, 3.05) is 4.90 Å². The van der Waals surface area contributed by atoms with E-state index in [4.69, 9.17) is 4.74 Å². The number of anilines is 2. The number of para-hydroxylation sites is 2. The summed E-state index contributed by atoms with van der Waals surface area (Å²) < 4.78 is 5.42. The standard InChI is InChI=1S/C18H19NO4/c1-18(2,3)23-17(22)19(13-9-5-4-6-10-13)15-12-8-7-11-14(15)16(20)21/h4-12H,1-3H3,(H,20,21)/p-1. The maximum absolute atomic E-state index is 12.6. The molecule has 0 N–H and O–H groups in total. The third kappa shape index (κ3) is 4.10. The van der Waals surface area contributed by atoms with Crippen LogP contribution in [-0.2, 0) is 4.74 Å². The van der Waals surface area contributed by atoms with Crippen LogP contribution in [0.1, 0.15) is 31.1 Å². The molecule has 0 fully saturated rings. The fraction of sp³-hybridized carbons (Fsp3) is 0.222. The first-order valence-electron chi connectivity index (χ1n) is 7.18. The second-order valence-corrected chi connectivity index (χ2v) is 5.96. The van der Waals surface area contributed by atoms with Crippen LogP contribution in [0.4, 0.5) is 16.2 Å². The third-order valence-electron chi connectivity index (χ3n) is 2.96. The van der Waals surface area contributed by atoms with Crippen LogP contribution in [0.2, 0.25) is 0 Å². The van der Waals surface area contributed by atoms with Gasteiger partial charge < -0.3 is 14.6 Å². The van der Waals surface area contributed by atoms with Crippen LogP contribution < -0.4 is 10.0 Å². The van der Waals surface area contributed by atoms with Crippen LogP contribution in [0, 0.1) is 0 Å². The van der Waals surface area contributed by atoms with Crippen LogP contribution in [0.15, 0.2) is 54.6 Å². The van der Waals surface area contributed by atoms with Crippen LogP contribution >= 0.6 is 0 Å². The summed E-state index contributed by atoms with van der Waals surface area (Å²) in [5.74, 6) is -1.36. The summed E-state index contributed by atoms with van der Waals surface area (Å²) in [6.45, 7) is 5.25. The minimum Gasteiger partial charge on any atom is -0.545 e. The van der Waals surface area contributed by atoms with E-state index in [1.54, 1.807) is 69.3 Å². The summed E-state index contributed by atoms with van der Waals surface area (Å²) in [6.07, 6.45) is -0.655. The van der Waals surface area contributed by atoms with Crippen molar-refractivity contribution in [3.63, 3.8) is 0 Å². The van der Waals surface area contributed by atoms with Gasteiger partial charge in [-0.25, -0.2) is 9.69 Å². The third-order valence-corrected chi connectivity index (χ3v) is 2.96. The number of amides is 1. The predicted octanol–water partition coefficient (Wildman–Crippen LogP) is 3.12. The quantitative estimate of drug-likeness (QED) is 0.873. The number of ether oxygens (including phenoxy) is 1. The maximum Gasteiger partial charge on any atom is 0.419 e. The normalized spacial score (nSPS) is 10.9. The lowest BCUT2D eigenvalue weighted by atomic mass is 10.1. The van der Waals surface area contributed by atoms with Gasteiger partial charge in [0.05, 0.1) is 17.3 Å². The lowest BCUT2D eigenvalue weighted by Gasteiger charge is -2.29. The van der Waals surface area contributed by atoms with Crippen LogP contribution in [0.3, 0.4) is 0 Å². The van der Waals surface area contributed by atoms with Gasteiger partial charge in [-0.3, -0.25) is 0 Å². The Kier molecular flexibility index (Phi) is 4.69. The molecule has 5 heteroatoms. The first-order chi connectivity index (χ1) is 10.8. The zero-order valence-corrected chi connectivity index (χ0v) is 13.3. The Bertz CT molecular complexity index is 704. The highest BCUT2D eigenvalue weighted by Crippen LogP contribution is 2.30. The first kappa shape index (κ1) is 16.5. The largest absolute Gasteiger partial charge is 0.545 e. The van der Waals surface area contributed by atoms with E-state index in [2.05, 4.69) is 0 Å². The molecule has 0 aromatic heterocycles. The number of nitrogens with zero attached hydrogens (tertiary/aromatic N) is 1. The van der Waals surface area contributed by atoms with Crippen molar-refractivity contribution in [3.8, 4) is 0 Å². The molecular formula is C18H18NO4-. The minimum atomic E-state index is -1.36. The molecule has 2 aromatic carbocycles.